The number of hydrogen-bond acceptors (Lipinski definition) is 3. The second kappa shape index (κ2) is 6.00. The number of aryl methyl sites for hydroxylation is 2. The van der Waals surface area contributed by atoms with E-state index in [1.54, 1.807) is 4.68 Å². The second-order valence-corrected chi connectivity index (χ2v) is 5.03. The smallest absolute Gasteiger partial charge is 0.255 e. The third-order valence-electron chi connectivity index (χ3n) is 3.23. The van der Waals surface area contributed by atoms with E-state index >= 15 is 0 Å². The lowest BCUT2D eigenvalue weighted by Crippen LogP contribution is -2.29. The van der Waals surface area contributed by atoms with Gasteiger partial charge in [-0.1, -0.05) is 13.8 Å². The Labute approximate surface area is 108 Å². The first-order chi connectivity index (χ1) is 8.34. The van der Waals surface area contributed by atoms with Gasteiger partial charge >= 0.3 is 0 Å². The van der Waals surface area contributed by atoms with Crippen LogP contribution in [0.5, 0.6) is 0 Å². The average Bonchev–Trinajstić information content (AvgIpc) is 2.52. The van der Waals surface area contributed by atoms with Gasteiger partial charge in [0.25, 0.3) is 5.91 Å². The van der Waals surface area contributed by atoms with Gasteiger partial charge in [0.15, 0.2) is 0 Å². The van der Waals surface area contributed by atoms with Crippen LogP contribution in [-0.4, -0.2) is 33.4 Å². The molecule has 18 heavy (non-hydrogen) atoms. The van der Waals surface area contributed by atoms with Crippen LogP contribution in [0.2, 0.25) is 0 Å². The number of aromatic nitrogens is 2. The summed E-state index contributed by atoms with van der Waals surface area (Å²) in [6.45, 7) is 8.10. The van der Waals surface area contributed by atoms with E-state index in [1.165, 1.54) is 0 Å². The number of aliphatic hydroxyl groups is 1. The van der Waals surface area contributed by atoms with E-state index in [0.717, 1.165) is 11.4 Å². The highest BCUT2D eigenvalue weighted by molar-refractivity contribution is 5.96. The Bertz CT molecular complexity index is 424. The molecule has 1 heterocycles. The van der Waals surface area contributed by atoms with Crippen molar-refractivity contribution >= 4 is 5.91 Å². The van der Waals surface area contributed by atoms with Crippen LogP contribution in [0, 0.1) is 19.8 Å². The van der Waals surface area contributed by atoms with Gasteiger partial charge in [0.2, 0.25) is 0 Å². The van der Waals surface area contributed by atoms with E-state index in [-0.39, 0.29) is 17.9 Å². The van der Waals surface area contributed by atoms with Crippen LogP contribution in [0.3, 0.4) is 0 Å². The molecule has 0 radical (unpaired) electrons. The van der Waals surface area contributed by atoms with Crippen LogP contribution >= 0.6 is 0 Å². The molecule has 0 saturated heterocycles. The van der Waals surface area contributed by atoms with Crippen molar-refractivity contribution in [3.63, 3.8) is 0 Å². The first-order valence-electron chi connectivity index (χ1n) is 6.31. The standard InChI is InChI=1S/C13H23N3O2/c1-8(2)11(17)6-7-14-13(18)12-9(3)15-16(5)10(12)4/h8,11,17H,6-7H2,1-5H3,(H,14,18). The van der Waals surface area contributed by atoms with Crippen molar-refractivity contribution in [2.75, 3.05) is 6.54 Å². The number of rotatable bonds is 5. The average molecular weight is 253 g/mol. The third-order valence-corrected chi connectivity index (χ3v) is 3.23. The highest BCUT2D eigenvalue weighted by atomic mass is 16.3. The van der Waals surface area contributed by atoms with E-state index in [2.05, 4.69) is 10.4 Å². The fourth-order valence-electron chi connectivity index (χ4n) is 1.86. The number of amides is 1. The van der Waals surface area contributed by atoms with Gasteiger partial charge in [-0.15, -0.1) is 0 Å². The molecule has 1 atom stereocenters. The molecule has 1 amide bonds. The summed E-state index contributed by atoms with van der Waals surface area (Å²) < 4.78 is 1.70. The minimum atomic E-state index is -0.374. The largest absolute Gasteiger partial charge is 0.393 e. The molecule has 0 aliphatic heterocycles. The van der Waals surface area contributed by atoms with Crippen molar-refractivity contribution in [2.45, 2.75) is 40.2 Å². The number of nitrogens with zero attached hydrogens (tertiary/aromatic N) is 2. The molecule has 0 aliphatic rings. The Morgan fingerprint density at radius 3 is 2.50 bits per heavy atom. The summed E-state index contributed by atoms with van der Waals surface area (Å²) in [4.78, 5) is 12.0. The Kier molecular flexibility index (Phi) is 4.90. The molecule has 0 spiro atoms. The summed E-state index contributed by atoms with van der Waals surface area (Å²) in [6, 6.07) is 0. The summed E-state index contributed by atoms with van der Waals surface area (Å²) in [6.07, 6.45) is 0.197. The number of aliphatic hydroxyl groups excluding tert-OH is 1. The predicted molar refractivity (Wildman–Crippen MR) is 70.5 cm³/mol. The highest BCUT2D eigenvalue weighted by Gasteiger charge is 2.17. The number of nitrogens with one attached hydrogen (secondary N) is 1. The first-order valence-corrected chi connectivity index (χ1v) is 6.31. The maximum Gasteiger partial charge on any atom is 0.255 e. The molecule has 1 aromatic rings. The van der Waals surface area contributed by atoms with Crippen molar-refractivity contribution in [1.82, 2.24) is 15.1 Å². The molecule has 0 aromatic carbocycles. The molecule has 0 fully saturated rings. The lowest BCUT2D eigenvalue weighted by atomic mass is 10.0. The van der Waals surface area contributed by atoms with E-state index in [1.807, 2.05) is 34.7 Å². The molecule has 1 unspecified atom stereocenters. The summed E-state index contributed by atoms with van der Waals surface area (Å²) in [5.41, 5.74) is 2.22. The van der Waals surface area contributed by atoms with Crippen molar-refractivity contribution in [2.24, 2.45) is 13.0 Å². The SMILES string of the molecule is Cc1nn(C)c(C)c1C(=O)NCCC(O)C(C)C. The van der Waals surface area contributed by atoms with Crippen molar-refractivity contribution in [1.29, 1.82) is 0 Å². The number of carbonyl (C=O) groups is 1. The second-order valence-electron chi connectivity index (χ2n) is 5.03. The van der Waals surface area contributed by atoms with Crippen LogP contribution in [-0.2, 0) is 7.05 Å². The lowest BCUT2D eigenvalue weighted by Gasteiger charge is -2.14. The zero-order chi connectivity index (χ0) is 13.9. The highest BCUT2D eigenvalue weighted by Crippen LogP contribution is 2.11. The van der Waals surface area contributed by atoms with Crippen molar-refractivity contribution in [3.8, 4) is 0 Å². The number of carbonyl (C=O) groups excluding carboxylic acids is 1. The van der Waals surface area contributed by atoms with Crippen LogP contribution in [0.4, 0.5) is 0 Å². The summed E-state index contributed by atoms with van der Waals surface area (Å²) in [5, 5.41) is 16.7. The van der Waals surface area contributed by atoms with Crippen molar-refractivity contribution < 1.29 is 9.90 Å². The fourth-order valence-corrected chi connectivity index (χ4v) is 1.86. The van der Waals surface area contributed by atoms with E-state index < -0.39 is 0 Å². The van der Waals surface area contributed by atoms with Crippen molar-refractivity contribution in [3.05, 3.63) is 17.0 Å². The van der Waals surface area contributed by atoms with Gasteiger partial charge in [-0.3, -0.25) is 9.48 Å². The Balaban J connectivity index is 2.56. The summed E-state index contributed by atoms with van der Waals surface area (Å²) >= 11 is 0. The maximum atomic E-state index is 12.0. The monoisotopic (exact) mass is 253 g/mol. The Morgan fingerprint density at radius 1 is 1.44 bits per heavy atom. The van der Waals surface area contributed by atoms with Gasteiger partial charge < -0.3 is 10.4 Å². The molecule has 102 valence electrons. The molecule has 5 heteroatoms. The van der Waals surface area contributed by atoms with Gasteiger partial charge in [0.1, 0.15) is 0 Å². The third kappa shape index (κ3) is 3.32. The molecule has 1 aromatic heterocycles. The predicted octanol–water partition coefficient (Wildman–Crippen LogP) is 1.17. The first kappa shape index (κ1) is 14.7. The molecule has 2 N–H and O–H groups in total. The van der Waals surface area contributed by atoms with Crippen LogP contribution in [0.1, 0.15) is 42.0 Å². The minimum absolute atomic E-state index is 0.117. The van der Waals surface area contributed by atoms with E-state index in [0.29, 0.717) is 18.5 Å². The van der Waals surface area contributed by atoms with E-state index in [9.17, 15) is 9.90 Å². The Morgan fingerprint density at radius 2 is 2.06 bits per heavy atom. The summed E-state index contributed by atoms with van der Waals surface area (Å²) in [7, 11) is 1.82. The maximum absolute atomic E-state index is 12.0. The quantitative estimate of drug-likeness (QED) is 0.828. The van der Waals surface area contributed by atoms with Gasteiger partial charge in [0.05, 0.1) is 17.4 Å². The van der Waals surface area contributed by atoms with Crippen LogP contribution in [0.15, 0.2) is 0 Å². The fraction of sp³-hybridized carbons (Fsp3) is 0.692. The van der Waals surface area contributed by atoms with Crippen LogP contribution in [0.25, 0.3) is 0 Å². The molecule has 1 rings (SSSR count). The lowest BCUT2D eigenvalue weighted by molar-refractivity contribution is 0.0919. The Hall–Kier alpha value is -1.36. The molecular formula is C13H23N3O2. The molecule has 5 nitrogen and oxygen atoms in total. The number of hydrogen-bond donors (Lipinski definition) is 2. The molecular weight excluding hydrogens is 230 g/mol. The zero-order valence-corrected chi connectivity index (χ0v) is 11.8. The molecule has 0 saturated carbocycles. The summed E-state index contributed by atoms with van der Waals surface area (Å²) in [5.74, 6) is 0.0952. The molecule has 0 bridgehead atoms. The van der Waals surface area contributed by atoms with Crippen LogP contribution < -0.4 is 5.32 Å². The zero-order valence-electron chi connectivity index (χ0n) is 11.8. The van der Waals surface area contributed by atoms with Gasteiger partial charge in [-0.05, 0) is 26.2 Å². The molecule has 0 aliphatic carbocycles. The van der Waals surface area contributed by atoms with Gasteiger partial charge in [0, 0.05) is 19.3 Å². The topological polar surface area (TPSA) is 67.2 Å². The van der Waals surface area contributed by atoms with E-state index in [4.69, 9.17) is 0 Å². The normalized spacial score (nSPS) is 12.8. The van der Waals surface area contributed by atoms with Gasteiger partial charge in [-0.2, -0.15) is 5.10 Å². The minimum Gasteiger partial charge on any atom is -0.393 e. The van der Waals surface area contributed by atoms with Gasteiger partial charge in [-0.25, -0.2) is 0 Å².